The van der Waals surface area contributed by atoms with Crippen LogP contribution < -0.4 is 5.32 Å². The summed E-state index contributed by atoms with van der Waals surface area (Å²) < 4.78 is 27.6. The van der Waals surface area contributed by atoms with Crippen LogP contribution in [-0.4, -0.2) is 46.2 Å². The lowest BCUT2D eigenvalue weighted by Crippen LogP contribution is -2.39. The highest BCUT2D eigenvalue weighted by Crippen LogP contribution is 2.10. The van der Waals surface area contributed by atoms with Crippen molar-refractivity contribution in [3.8, 4) is 0 Å². The average molecular weight is 251 g/mol. The summed E-state index contributed by atoms with van der Waals surface area (Å²) in [6.07, 6.45) is 3.92. The van der Waals surface area contributed by atoms with Gasteiger partial charge < -0.3 is 10.1 Å². The van der Waals surface area contributed by atoms with Crippen LogP contribution in [0.15, 0.2) is 0 Å². The molecular formula is C11H25NO3S. The van der Waals surface area contributed by atoms with Crippen molar-refractivity contribution in [1.29, 1.82) is 0 Å². The number of rotatable bonds is 9. The molecule has 0 amide bonds. The standard InChI is InChI=1S/C11H25NO3S/c1-5-11(15-6-2)10(12-3)8-7-9-16(4,13)14/h10-12H,5-9H2,1-4H3. The van der Waals surface area contributed by atoms with Gasteiger partial charge in [-0.15, -0.1) is 0 Å². The van der Waals surface area contributed by atoms with E-state index in [2.05, 4.69) is 12.2 Å². The molecule has 0 radical (unpaired) electrons. The number of ether oxygens (including phenoxy) is 1. The summed E-state index contributed by atoms with van der Waals surface area (Å²) in [5.74, 6) is 0.258. The molecule has 0 fully saturated rings. The molecule has 1 N–H and O–H groups in total. The Morgan fingerprint density at radius 1 is 1.31 bits per heavy atom. The molecule has 5 heteroatoms. The molecule has 98 valence electrons. The normalized spacial score (nSPS) is 16.0. The molecule has 0 bridgehead atoms. The molecule has 0 saturated carbocycles. The van der Waals surface area contributed by atoms with Gasteiger partial charge in [-0.05, 0) is 33.2 Å². The zero-order valence-corrected chi connectivity index (χ0v) is 11.6. The number of hydrogen-bond donors (Lipinski definition) is 1. The molecule has 0 aliphatic rings. The van der Waals surface area contributed by atoms with Crippen molar-refractivity contribution in [2.24, 2.45) is 0 Å². The van der Waals surface area contributed by atoms with Gasteiger partial charge in [-0.2, -0.15) is 0 Å². The molecule has 0 spiro atoms. The van der Waals surface area contributed by atoms with Gasteiger partial charge in [0.25, 0.3) is 0 Å². The first kappa shape index (κ1) is 15.9. The topological polar surface area (TPSA) is 55.4 Å². The van der Waals surface area contributed by atoms with E-state index in [1.165, 1.54) is 6.26 Å². The van der Waals surface area contributed by atoms with Crippen LogP contribution in [0, 0.1) is 0 Å². The van der Waals surface area contributed by atoms with Gasteiger partial charge in [0.2, 0.25) is 0 Å². The van der Waals surface area contributed by atoms with E-state index in [0.29, 0.717) is 13.0 Å². The van der Waals surface area contributed by atoms with Crippen LogP contribution in [0.3, 0.4) is 0 Å². The third-order valence-corrected chi connectivity index (χ3v) is 3.66. The molecule has 0 aliphatic heterocycles. The highest BCUT2D eigenvalue weighted by molar-refractivity contribution is 7.90. The molecule has 16 heavy (non-hydrogen) atoms. The number of likely N-dealkylation sites (N-methyl/N-ethyl adjacent to an activating group) is 1. The Kier molecular flexibility index (Phi) is 7.97. The second kappa shape index (κ2) is 8.03. The maximum Gasteiger partial charge on any atom is 0.147 e. The largest absolute Gasteiger partial charge is 0.377 e. The van der Waals surface area contributed by atoms with E-state index in [1.54, 1.807) is 0 Å². The minimum Gasteiger partial charge on any atom is -0.377 e. The van der Waals surface area contributed by atoms with Crippen molar-refractivity contribution < 1.29 is 13.2 Å². The van der Waals surface area contributed by atoms with Crippen LogP contribution in [0.1, 0.15) is 33.1 Å². The highest BCUT2D eigenvalue weighted by Gasteiger charge is 2.18. The van der Waals surface area contributed by atoms with Gasteiger partial charge in [0.1, 0.15) is 9.84 Å². The Morgan fingerprint density at radius 3 is 2.31 bits per heavy atom. The van der Waals surface area contributed by atoms with Crippen LogP contribution in [-0.2, 0) is 14.6 Å². The number of hydrogen-bond acceptors (Lipinski definition) is 4. The van der Waals surface area contributed by atoms with Crippen LogP contribution in [0.25, 0.3) is 0 Å². The number of nitrogens with one attached hydrogen (secondary N) is 1. The van der Waals surface area contributed by atoms with E-state index < -0.39 is 9.84 Å². The van der Waals surface area contributed by atoms with Crippen molar-refractivity contribution in [3.05, 3.63) is 0 Å². The molecule has 0 aromatic rings. The quantitative estimate of drug-likeness (QED) is 0.669. The lowest BCUT2D eigenvalue weighted by atomic mass is 10.0. The summed E-state index contributed by atoms with van der Waals surface area (Å²) in [6.45, 7) is 4.76. The second-order valence-corrected chi connectivity index (χ2v) is 6.33. The van der Waals surface area contributed by atoms with E-state index in [1.807, 2.05) is 14.0 Å². The van der Waals surface area contributed by atoms with Gasteiger partial charge in [0.15, 0.2) is 0 Å². The molecular weight excluding hydrogens is 226 g/mol. The van der Waals surface area contributed by atoms with Crippen molar-refractivity contribution in [2.75, 3.05) is 25.7 Å². The second-order valence-electron chi connectivity index (χ2n) is 4.07. The predicted molar refractivity (Wildman–Crippen MR) is 67.5 cm³/mol. The van der Waals surface area contributed by atoms with Crippen molar-refractivity contribution in [1.82, 2.24) is 5.32 Å². The highest BCUT2D eigenvalue weighted by atomic mass is 32.2. The fourth-order valence-electron chi connectivity index (χ4n) is 1.81. The average Bonchev–Trinajstić information content (AvgIpc) is 2.20. The first-order valence-electron chi connectivity index (χ1n) is 5.91. The third kappa shape index (κ3) is 7.19. The predicted octanol–water partition coefficient (Wildman–Crippen LogP) is 1.21. The molecule has 2 atom stereocenters. The maximum atomic E-state index is 11.0. The monoisotopic (exact) mass is 251 g/mol. The Bertz CT molecular complexity index is 264. The molecule has 0 saturated heterocycles. The smallest absolute Gasteiger partial charge is 0.147 e. The zero-order valence-electron chi connectivity index (χ0n) is 10.8. The minimum absolute atomic E-state index is 0.176. The Hall–Kier alpha value is -0.130. The van der Waals surface area contributed by atoms with E-state index in [9.17, 15) is 8.42 Å². The lowest BCUT2D eigenvalue weighted by molar-refractivity contribution is 0.0315. The fraction of sp³-hybridized carbons (Fsp3) is 1.00. The van der Waals surface area contributed by atoms with Crippen LogP contribution >= 0.6 is 0 Å². The summed E-state index contributed by atoms with van der Waals surface area (Å²) in [5, 5.41) is 3.20. The Labute approximate surface area is 99.7 Å². The van der Waals surface area contributed by atoms with E-state index >= 15 is 0 Å². The van der Waals surface area contributed by atoms with Crippen molar-refractivity contribution in [2.45, 2.75) is 45.3 Å². The summed E-state index contributed by atoms with van der Waals surface area (Å²) in [6, 6.07) is 0.242. The van der Waals surface area contributed by atoms with E-state index in [0.717, 1.165) is 12.8 Å². The van der Waals surface area contributed by atoms with Gasteiger partial charge in [-0.1, -0.05) is 6.92 Å². The molecule has 4 nitrogen and oxygen atoms in total. The molecule has 0 aromatic carbocycles. The van der Waals surface area contributed by atoms with Crippen molar-refractivity contribution in [3.63, 3.8) is 0 Å². The molecule has 0 aliphatic carbocycles. The minimum atomic E-state index is -2.84. The summed E-state index contributed by atoms with van der Waals surface area (Å²) in [7, 11) is -0.946. The third-order valence-electron chi connectivity index (χ3n) is 2.63. The summed E-state index contributed by atoms with van der Waals surface area (Å²) in [5.41, 5.74) is 0. The van der Waals surface area contributed by atoms with Gasteiger partial charge in [0, 0.05) is 24.7 Å². The van der Waals surface area contributed by atoms with Crippen LogP contribution in [0.2, 0.25) is 0 Å². The van der Waals surface area contributed by atoms with E-state index in [4.69, 9.17) is 4.74 Å². The molecule has 0 aromatic heterocycles. The number of sulfone groups is 1. The summed E-state index contributed by atoms with van der Waals surface area (Å²) in [4.78, 5) is 0. The van der Waals surface area contributed by atoms with Gasteiger partial charge in [-0.25, -0.2) is 8.42 Å². The van der Waals surface area contributed by atoms with E-state index in [-0.39, 0.29) is 17.9 Å². The van der Waals surface area contributed by atoms with Crippen LogP contribution in [0.5, 0.6) is 0 Å². The SMILES string of the molecule is CCOC(CC)C(CCCS(C)(=O)=O)NC. The molecule has 2 unspecified atom stereocenters. The zero-order chi connectivity index (χ0) is 12.6. The lowest BCUT2D eigenvalue weighted by Gasteiger charge is -2.25. The van der Waals surface area contributed by atoms with Crippen molar-refractivity contribution >= 4 is 9.84 Å². The Morgan fingerprint density at radius 2 is 1.94 bits per heavy atom. The molecule has 0 heterocycles. The van der Waals surface area contributed by atoms with Crippen LogP contribution in [0.4, 0.5) is 0 Å². The molecule has 0 rings (SSSR count). The Balaban J connectivity index is 4.07. The van der Waals surface area contributed by atoms with Gasteiger partial charge in [0.05, 0.1) is 6.10 Å². The van der Waals surface area contributed by atoms with Gasteiger partial charge in [-0.3, -0.25) is 0 Å². The fourth-order valence-corrected chi connectivity index (χ4v) is 2.51. The summed E-state index contributed by atoms with van der Waals surface area (Å²) >= 11 is 0. The van der Waals surface area contributed by atoms with Gasteiger partial charge >= 0.3 is 0 Å². The first-order valence-corrected chi connectivity index (χ1v) is 7.97. The first-order chi connectivity index (χ1) is 7.44. The maximum absolute atomic E-state index is 11.0.